The number of rotatable bonds is 3. The molecular formula is C13H18IN5. The van der Waals surface area contributed by atoms with Gasteiger partial charge in [0.25, 0.3) is 0 Å². The highest BCUT2D eigenvalue weighted by Gasteiger charge is 1.98. The molecule has 5 nitrogen and oxygen atoms in total. The maximum Gasteiger partial charge on any atom is 0.190 e. The number of aromatic nitrogens is 2. The minimum Gasteiger partial charge on any atom is -0.359 e. The van der Waals surface area contributed by atoms with Crippen LogP contribution in [0.5, 0.6) is 0 Å². The summed E-state index contributed by atoms with van der Waals surface area (Å²) in [4.78, 5) is 8.09. The Morgan fingerprint density at radius 2 is 2.05 bits per heavy atom. The van der Waals surface area contributed by atoms with Gasteiger partial charge in [0.1, 0.15) is 0 Å². The third-order valence-electron chi connectivity index (χ3n) is 2.66. The molecule has 0 saturated heterocycles. The van der Waals surface area contributed by atoms with Gasteiger partial charge in [-0.15, -0.1) is 24.0 Å². The zero-order valence-electron chi connectivity index (χ0n) is 11.0. The van der Waals surface area contributed by atoms with E-state index in [1.54, 1.807) is 19.6 Å². The van der Waals surface area contributed by atoms with Crippen molar-refractivity contribution >= 4 is 29.9 Å². The third-order valence-corrected chi connectivity index (χ3v) is 2.66. The Bertz CT molecular complexity index is 504. The van der Waals surface area contributed by atoms with Crippen molar-refractivity contribution in [1.29, 1.82) is 0 Å². The van der Waals surface area contributed by atoms with Crippen LogP contribution < -0.4 is 10.6 Å². The molecule has 19 heavy (non-hydrogen) atoms. The zero-order chi connectivity index (χ0) is 12.8. The molecule has 6 heteroatoms. The van der Waals surface area contributed by atoms with E-state index in [1.807, 2.05) is 17.8 Å². The summed E-state index contributed by atoms with van der Waals surface area (Å²) in [5, 5.41) is 6.19. The average molecular weight is 371 g/mol. The first-order valence-electron chi connectivity index (χ1n) is 5.79. The highest BCUT2D eigenvalue weighted by atomic mass is 127. The van der Waals surface area contributed by atoms with E-state index in [4.69, 9.17) is 0 Å². The minimum absolute atomic E-state index is 0. The quantitative estimate of drug-likeness (QED) is 0.492. The number of hydrogen-bond donors (Lipinski definition) is 2. The van der Waals surface area contributed by atoms with Crippen LogP contribution in [0.15, 0.2) is 48.0 Å². The van der Waals surface area contributed by atoms with E-state index < -0.39 is 0 Å². The second-order valence-corrected chi connectivity index (χ2v) is 3.81. The molecule has 0 atom stereocenters. The average Bonchev–Trinajstić information content (AvgIpc) is 2.94. The van der Waals surface area contributed by atoms with E-state index >= 15 is 0 Å². The van der Waals surface area contributed by atoms with Gasteiger partial charge in [0.2, 0.25) is 0 Å². The zero-order valence-corrected chi connectivity index (χ0v) is 13.3. The maximum atomic E-state index is 4.06. The molecule has 1 aromatic heterocycles. The summed E-state index contributed by atoms with van der Waals surface area (Å²) in [6.07, 6.45) is 5.48. The van der Waals surface area contributed by atoms with E-state index in [0.717, 1.165) is 18.2 Å². The summed E-state index contributed by atoms with van der Waals surface area (Å²) >= 11 is 0. The van der Waals surface area contributed by atoms with E-state index in [9.17, 15) is 0 Å². The van der Waals surface area contributed by atoms with Gasteiger partial charge in [-0.2, -0.15) is 0 Å². The Morgan fingerprint density at radius 1 is 1.32 bits per heavy atom. The van der Waals surface area contributed by atoms with Gasteiger partial charge in [-0.1, -0.05) is 12.1 Å². The van der Waals surface area contributed by atoms with Gasteiger partial charge in [0.05, 0.1) is 6.33 Å². The SMILES string of the molecule is CN=C(NC)NCc1ccc(-n2ccnc2)cc1.I. The molecule has 0 fully saturated rings. The molecule has 0 spiro atoms. The summed E-state index contributed by atoms with van der Waals surface area (Å²) in [5.41, 5.74) is 2.31. The van der Waals surface area contributed by atoms with E-state index in [2.05, 4.69) is 44.9 Å². The van der Waals surface area contributed by atoms with Crippen LogP contribution in [0.1, 0.15) is 5.56 Å². The number of imidazole rings is 1. The van der Waals surface area contributed by atoms with Crippen LogP contribution in [0.3, 0.4) is 0 Å². The van der Waals surface area contributed by atoms with Crippen molar-refractivity contribution in [3.8, 4) is 5.69 Å². The predicted molar refractivity (Wildman–Crippen MR) is 88.2 cm³/mol. The maximum absolute atomic E-state index is 4.06. The second kappa shape index (κ2) is 7.78. The molecule has 0 saturated carbocycles. The van der Waals surface area contributed by atoms with E-state index in [1.165, 1.54) is 5.56 Å². The van der Waals surface area contributed by atoms with Crippen LogP contribution in [-0.2, 0) is 6.54 Å². The molecule has 1 heterocycles. The van der Waals surface area contributed by atoms with Gasteiger partial charge in [0.15, 0.2) is 5.96 Å². The molecule has 0 unspecified atom stereocenters. The number of nitrogens with one attached hydrogen (secondary N) is 2. The molecular weight excluding hydrogens is 353 g/mol. The van der Waals surface area contributed by atoms with Crippen molar-refractivity contribution < 1.29 is 0 Å². The molecule has 102 valence electrons. The first kappa shape index (κ1) is 15.5. The topological polar surface area (TPSA) is 54.2 Å². The van der Waals surface area contributed by atoms with Gasteiger partial charge in [-0.25, -0.2) is 4.98 Å². The fourth-order valence-electron chi connectivity index (χ4n) is 1.66. The van der Waals surface area contributed by atoms with Crippen LogP contribution >= 0.6 is 24.0 Å². The van der Waals surface area contributed by atoms with Crippen molar-refractivity contribution in [3.63, 3.8) is 0 Å². The fourth-order valence-corrected chi connectivity index (χ4v) is 1.66. The van der Waals surface area contributed by atoms with Crippen molar-refractivity contribution in [2.45, 2.75) is 6.54 Å². The predicted octanol–water partition coefficient (Wildman–Crippen LogP) is 1.79. The highest BCUT2D eigenvalue weighted by molar-refractivity contribution is 14.0. The van der Waals surface area contributed by atoms with Crippen LogP contribution in [0.4, 0.5) is 0 Å². The summed E-state index contributed by atoms with van der Waals surface area (Å²) in [7, 11) is 3.60. The summed E-state index contributed by atoms with van der Waals surface area (Å²) in [6.45, 7) is 0.748. The van der Waals surface area contributed by atoms with Crippen LogP contribution in [0.25, 0.3) is 5.69 Å². The molecule has 0 aliphatic heterocycles. The molecule has 0 aliphatic rings. The molecule has 2 N–H and O–H groups in total. The Labute approximate surface area is 130 Å². The fraction of sp³-hybridized carbons (Fsp3) is 0.231. The Kier molecular flexibility index (Phi) is 6.34. The lowest BCUT2D eigenvalue weighted by atomic mass is 10.2. The largest absolute Gasteiger partial charge is 0.359 e. The third kappa shape index (κ3) is 4.23. The monoisotopic (exact) mass is 371 g/mol. The Balaban J connectivity index is 0.00000180. The number of guanidine groups is 1. The molecule has 0 amide bonds. The molecule has 0 radical (unpaired) electrons. The number of hydrogen-bond acceptors (Lipinski definition) is 2. The van der Waals surface area contributed by atoms with Gasteiger partial charge < -0.3 is 15.2 Å². The lowest BCUT2D eigenvalue weighted by Crippen LogP contribution is -2.34. The minimum atomic E-state index is 0. The molecule has 2 aromatic rings. The Morgan fingerprint density at radius 3 is 2.58 bits per heavy atom. The first-order chi connectivity index (χ1) is 8.83. The second-order valence-electron chi connectivity index (χ2n) is 3.81. The van der Waals surface area contributed by atoms with Gasteiger partial charge >= 0.3 is 0 Å². The lowest BCUT2D eigenvalue weighted by molar-refractivity contribution is 0.865. The van der Waals surface area contributed by atoms with Gasteiger partial charge in [-0.05, 0) is 17.7 Å². The molecule has 1 aromatic carbocycles. The molecule has 2 rings (SSSR count). The Hall–Kier alpha value is -1.57. The number of benzene rings is 1. The van der Waals surface area contributed by atoms with Crippen molar-refractivity contribution in [1.82, 2.24) is 20.2 Å². The van der Waals surface area contributed by atoms with Crippen molar-refractivity contribution in [3.05, 3.63) is 48.5 Å². The van der Waals surface area contributed by atoms with Crippen LogP contribution in [-0.4, -0.2) is 29.6 Å². The first-order valence-corrected chi connectivity index (χ1v) is 5.79. The lowest BCUT2D eigenvalue weighted by Gasteiger charge is -2.09. The van der Waals surface area contributed by atoms with Gasteiger partial charge in [0, 0.05) is 38.7 Å². The molecule has 0 bridgehead atoms. The molecule has 0 aliphatic carbocycles. The number of aliphatic imine (C=N–C) groups is 1. The summed E-state index contributed by atoms with van der Waals surface area (Å²) in [6, 6.07) is 8.32. The standard InChI is InChI=1S/C13H17N5.HI/c1-14-13(15-2)17-9-11-3-5-12(6-4-11)18-8-7-16-10-18;/h3-8,10H,9H2,1-2H3,(H2,14,15,17);1H. The normalized spacial score (nSPS) is 10.7. The highest BCUT2D eigenvalue weighted by Crippen LogP contribution is 2.08. The number of halogens is 1. The van der Waals surface area contributed by atoms with Crippen LogP contribution in [0.2, 0.25) is 0 Å². The number of nitrogens with zero attached hydrogens (tertiary/aromatic N) is 3. The smallest absolute Gasteiger partial charge is 0.190 e. The van der Waals surface area contributed by atoms with Gasteiger partial charge in [-0.3, -0.25) is 4.99 Å². The van der Waals surface area contributed by atoms with E-state index in [-0.39, 0.29) is 24.0 Å². The van der Waals surface area contributed by atoms with Crippen molar-refractivity contribution in [2.75, 3.05) is 14.1 Å². The van der Waals surface area contributed by atoms with Crippen molar-refractivity contribution in [2.24, 2.45) is 4.99 Å². The summed E-state index contributed by atoms with van der Waals surface area (Å²) < 4.78 is 1.98. The summed E-state index contributed by atoms with van der Waals surface area (Å²) in [5.74, 6) is 0.786. The van der Waals surface area contributed by atoms with E-state index in [0.29, 0.717) is 0 Å². The van der Waals surface area contributed by atoms with Crippen LogP contribution in [0, 0.1) is 0 Å².